The zero-order valence-corrected chi connectivity index (χ0v) is 25.5. The van der Waals surface area contributed by atoms with Gasteiger partial charge in [-0.25, -0.2) is 0 Å². The van der Waals surface area contributed by atoms with Gasteiger partial charge < -0.3 is 35.9 Å². The molecule has 0 bridgehead atoms. The number of carbonyl (C=O) groups is 4. The normalized spacial score (nSPS) is 12.6. The van der Waals surface area contributed by atoms with Gasteiger partial charge in [-0.15, -0.1) is 0 Å². The maximum Gasteiger partial charge on any atom is 0.198 e. The minimum absolute atomic E-state index is 0.0129. The van der Waals surface area contributed by atoms with Crippen molar-refractivity contribution in [2.24, 2.45) is 0 Å². The fourth-order valence-corrected chi connectivity index (χ4v) is 5.60. The van der Waals surface area contributed by atoms with Crippen LogP contribution in [0.5, 0.6) is 28.7 Å². The van der Waals surface area contributed by atoms with Crippen LogP contribution in [0.3, 0.4) is 0 Å². The number of hydrogen-bond donors (Lipinski definition) is 4. The summed E-state index contributed by atoms with van der Waals surface area (Å²) in [5.41, 5.74) is 13.1. The molecule has 11 heteroatoms. The highest BCUT2D eigenvalue weighted by molar-refractivity contribution is 6.32. The Morgan fingerprint density at radius 2 is 0.938 bits per heavy atom. The average Bonchev–Trinajstić information content (AvgIpc) is 3.09. The van der Waals surface area contributed by atoms with Gasteiger partial charge in [-0.3, -0.25) is 19.2 Å². The van der Waals surface area contributed by atoms with Crippen LogP contribution >= 0.6 is 0 Å². The van der Waals surface area contributed by atoms with Gasteiger partial charge in [0.2, 0.25) is 0 Å². The Balaban J connectivity index is 0.000000168. The Labute approximate surface area is 273 Å². The first-order valence-electron chi connectivity index (χ1n) is 14.7. The molecular weight excluding hydrogens is 616 g/mol. The number of ether oxygens (including phenoxy) is 3. The summed E-state index contributed by atoms with van der Waals surface area (Å²) in [5, 5.41) is 20.5. The van der Waals surface area contributed by atoms with Crippen LogP contribution in [0.25, 0.3) is 0 Å². The largest absolute Gasteiger partial charge is 0.507 e. The summed E-state index contributed by atoms with van der Waals surface area (Å²) >= 11 is 0. The fraction of sp³-hybridized carbons (Fsp3) is 0.0811. The van der Waals surface area contributed by atoms with Crippen LogP contribution in [0.15, 0.2) is 91.0 Å². The summed E-state index contributed by atoms with van der Waals surface area (Å²) in [6.07, 6.45) is 0. The predicted octanol–water partition coefficient (Wildman–Crippen LogP) is 5.32. The summed E-state index contributed by atoms with van der Waals surface area (Å²) in [7, 11) is 1.52. The molecule has 5 aromatic carbocycles. The van der Waals surface area contributed by atoms with E-state index in [9.17, 15) is 29.4 Å². The van der Waals surface area contributed by atoms with Gasteiger partial charge in [-0.05, 0) is 12.1 Å². The van der Waals surface area contributed by atoms with Crippen molar-refractivity contribution >= 4 is 34.5 Å². The van der Waals surface area contributed by atoms with E-state index in [-0.39, 0.29) is 85.5 Å². The van der Waals surface area contributed by atoms with E-state index in [2.05, 4.69) is 0 Å². The Morgan fingerprint density at radius 1 is 0.542 bits per heavy atom. The van der Waals surface area contributed by atoms with Gasteiger partial charge in [0.25, 0.3) is 0 Å². The molecule has 0 unspecified atom stereocenters. The van der Waals surface area contributed by atoms with Crippen LogP contribution in [0, 0.1) is 0 Å². The number of carbonyl (C=O) groups excluding carboxylic acids is 4. The fourth-order valence-electron chi connectivity index (χ4n) is 5.60. The zero-order chi connectivity index (χ0) is 34.1. The number of phenols is 2. The molecular formula is C37H28N2O9. The Kier molecular flexibility index (Phi) is 8.36. The highest BCUT2D eigenvalue weighted by Gasteiger charge is 2.36. The van der Waals surface area contributed by atoms with Crippen molar-refractivity contribution in [2.75, 3.05) is 31.8 Å². The number of hydrogen-bond acceptors (Lipinski definition) is 11. The lowest BCUT2D eigenvalue weighted by Crippen LogP contribution is -2.23. The molecule has 0 saturated heterocycles. The number of benzene rings is 5. The number of methoxy groups -OCH3 is 1. The van der Waals surface area contributed by atoms with E-state index in [0.717, 1.165) is 0 Å². The minimum Gasteiger partial charge on any atom is -0.507 e. The molecule has 6 N–H and O–H groups in total. The lowest BCUT2D eigenvalue weighted by atomic mass is 9.82. The Morgan fingerprint density at radius 3 is 1.40 bits per heavy atom. The van der Waals surface area contributed by atoms with E-state index in [4.69, 9.17) is 25.7 Å². The molecule has 240 valence electrons. The molecule has 5 aromatic rings. The monoisotopic (exact) mass is 644 g/mol. The lowest BCUT2D eigenvalue weighted by Gasteiger charge is -2.21. The highest BCUT2D eigenvalue weighted by Crippen LogP contribution is 2.43. The summed E-state index contributed by atoms with van der Waals surface area (Å²) in [6.45, 7) is 0.532. The number of ketones is 4. The van der Waals surface area contributed by atoms with E-state index in [0.29, 0.717) is 12.4 Å². The topological polar surface area (TPSA) is 188 Å². The van der Waals surface area contributed by atoms with E-state index in [1.165, 1.54) is 19.2 Å². The molecule has 0 aromatic heterocycles. The lowest BCUT2D eigenvalue weighted by molar-refractivity contribution is 0.0976. The summed E-state index contributed by atoms with van der Waals surface area (Å²) < 4.78 is 16.0. The van der Waals surface area contributed by atoms with Crippen LogP contribution in [-0.4, -0.2) is 53.7 Å². The quantitative estimate of drug-likeness (QED) is 0.104. The molecule has 0 aliphatic heterocycles. The molecule has 0 fully saturated rings. The van der Waals surface area contributed by atoms with Crippen molar-refractivity contribution in [3.05, 3.63) is 136 Å². The molecule has 0 spiro atoms. The molecule has 2 aliphatic carbocycles. The smallest absolute Gasteiger partial charge is 0.198 e. The molecule has 0 saturated carbocycles. The first-order valence-corrected chi connectivity index (χ1v) is 14.7. The van der Waals surface area contributed by atoms with Crippen molar-refractivity contribution < 1.29 is 43.6 Å². The van der Waals surface area contributed by atoms with Crippen molar-refractivity contribution in [1.29, 1.82) is 0 Å². The number of para-hydroxylation sites is 1. The number of fused-ring (bicyclic) bond motifs is 4. The molecule has 0 radical (unpaired) electrons. The van der Waals surface area contributed by atoms with Crippen molar-refractivity contribution in [3.63, 3.8) is 0 Å². The maximum absolute atomic E-state index is 12.8. The maximum atomic E-state index is 12.8. The molecule has 7 rings (SSSR count). The number of anilines is 2. The van der Waals surface area contributed by atoms with Gasteiger partial charge in [0.05, 0.1) is 40.2 Å². The van der Waals surface area contributed by atoms with E-state index < -0.39 is 23.1 Å². The average molecular weight is 645 g/mol. The third-order valence-corrected chi connectivity index (χ3v) is 7.87. The zero-order valence-electron chi connectivity index (χ0n) is 25.5. The number of nitrogens with two attached hydrogens (primary N) is 2. The van der Waals surface area contributed by atoms with Crippen molar-refractivity contribution in [2.45, 2.75) is 0 Å². The van der Waals surface area contributed by atoms with Crippen LogP contribution < -0.4 is 20.9 Å². The van der Waals surface area contributed by atoms with Gasteiger partial charge in [0.15, 0.2) is 28.9 Å². The van der Waals surface area contributed by atoms with Crippen LogP contribution in [-0.2, 0) is 4.74 Å². The second kappa shape index (κ2) is 12.7. The first kappa shape index (κ1) is 31.5. The van der Waals surface area contributed by atoms with E-state index >= 15 is 0 Å². The van der Waals surface area contributed by atoms with E-state index in [1.54, 1.807) is 72.8 Å². The second-order valence-electron chi connectivity index (χ2n) is 10.8. The van der Waals surface area contributed by atoms with Gasteiger partial charge in [0, 0.05) is 41.5 Å². The Bertz CT molecular complexity index is 2140. The molecule has 11 nitrogen and oxygen atoms in total. The SMILES string of the molecule is COCCOc1cc(O)c2c(c1N)C(=O)c1ccccc1C2=O.Nc1c(Oc2ccccc2)cc(O)c2c1C(=O)c1ccccc1C2=O. The van der Waals surface area contributed by atoms with Crippen molar-refractivity contribution in [3.8, 4) is 28.7 Å². The molecule has 48 heavy (non-hydrogen) atoms. The summed E-state index contributed by atoms with van der Waals surface area (Å²) in [4.78, 5) is 50.8. The molecule has 0 heterocycles. The van der Waals surface area contributed by atoms with Gasteiger partial charge >= 0.3 is 0 Å². The summed E-state index contributed by atoms with van der Waals surface area (Å²) in [6, 6.07) is 24.3. The standard InChI is InChI=1S/C20H13NO4.C17H15NO5/c21-18-15(25-11-6-2-1-3-7-11)10-14(22)16-17(18)20(24)13-9-5-4-8-12(13)19(16)23;1-22-6-7-23-12-8-11(19)13-14(15(12)18)17(21)10-5-3-2-4-9(10)16(13)20/h1-10,22H,21H2;2-5,8,19H,6-7,18H2,1H3. The summed E-state index contributed by atoms with van der Waals surface area (Å²) in [5.74, 6) is -1.54. The number of aromatic hydroxyl groups is 2. The molecule has 0 atom stereocenters. The third kappa shape index (κ3) is 5.37. The number of rotatable bonds is 6. The number of phenolic OH excluding ortho intramolecular Hbond substituents is 2. The van der Waals surface area contributed by atoms with Gasteiger partial charge in [-0.1, -0.05) is 66.7 Å². The molecule has 2 aliphatic rings. The van der Waals surface area contributed by atoms with Crippen LogP contribution in [0.4, 0.5) is 11.4 Å². The highest BCUT2D eigenvalue weighted by atomic mass is 16.5. The van der Waals surface area contributed by atoms with Crippen molar-refractivity contribution in [1.82, 2.24) is 0 Å². The Hall–Kier alpha value is -6.46. The van der Waals surface area contributed by atoms with Crippen LogP contribution in [0.2, 0.25) is 0 Å². The predicted molar refractivity (Wildman–Crippen MR) is 176 cm³/mol. The van der Waals surface area contributed by atoms with E-state index in [1.807, 2.05) is 6.07 Å². The van der Waals surface area contributed by atoms with Gasteiger partial charge in [0.1, 0.15) is 29.6 Å². The first-order chi connectivity index (χ1) is 23.1. The second-order valence-corrected chi connectivity index (χ2v) is 10.8. The van der Waals surface area contributed by atoms with Gasteiger partial charge in [-0.2, -0.15) is 0 Å². The molecule has 0 amide bonds. The minimum atomic E-state index is -0.430. The van der Waals surface area contributed by atoms with Crippen LogP contribution in [0.1, 0.15) is 63.7 Å². The third-order valence-electron chi connectivity index (χ3n) is 7.87. The number of nitrogen functional groups attached to an aromatic ring is 2.